The Bertz CT molecular complexity index is 1830. The number of H-pyrrole nitrogens is 1. The first kappa shape index (κ1) is 36.1. The molecular formula is C37H47N7O6. The third kappa shape index (κ3) is 8.17. The Labute approximate surface area is 292 Å². The molecule has 0 saturated carbocycles. The fraction of sp³-hybridized carbons (Fsp3) is 0.405. The number of para-hydroxylation sites is 1. The molecule has 5 rings (SSSR count). The van der Waals surface area contributed by atoms with Gasteiger partial charge in [0.15, 0.2) is 0 Å². The third-order valence-corrected chi connectivity index (χ3v) is 8.96. The fourth-order valence-corrected chi connectivity index (χ4v) is 6.16. The number of nitrogens with one attached hydrogen (secondary N) is 2. The number of anilines is 2. The molecule has 0 radical (unpaired) electrons. The maximum absolute atomic E-state index is 14.1. The number of benzene rings is 3. The van der Waals surface area contributed by atoms with Gasteiger partial charge in [0, 0.05) is 57.9 Å². The van der Waals surface area contributed by atoms with Crippen LogP contribution in [0.2, 0.25) is 0 Å². The van der Waals surface area contributed by atoms with Crippen molar-refractivity contribution in [3.05, 3.63) is 65.2 Å². The number of aryl methyl sites for hydroxylation is 1. The lowest BCUT2D eigenvalue weighted by molar-refractivity contribution is -0.132. The number of carbonyl (C=O) groups excluding carboxylic acids is 3. The Morgan fingerprint density at radius 3 is 2.50 bits per heavy atom. The van der Waals surface area contributed by atoms with Crippen LogP contribution >= 0.6 is 0 Å². The minimum atomic E-state index is -0.802. The third-order valence-electron chi connectivity index (χ3n) is 8.96. The molecule has 4 N–H and O–H groups in total. The lowest BCUT2D eigenvalue weighted by Crippen LogP contribution is -2.47. The Hall–Kier alpha value is -5.14. The Balaban J connectivity index is 1.32. The molecule has 0 bridgehead atoms. The molecule has 1 fully saturated rings. The van der Waals surface area contributed by atoms with Gasteiger partial charge in [-0.05, 0) is 69.1 Å². The van der Waals surface area contributed by atoms with Gasteiger partial charge >= 0.3 is 0 Å². The van der Waals surface area contributed by atoms with E-state index in [0.29, 0.717) is 47.1 Å². The van der Waals surface area contributed by atoms with E-state index < -0.39 is 11.8 Å². The molecule has 1 saturated heterocycles. The standard InChI is InChI=1S/C37H47N7O6/c1-24-13-16-29(30(22-24)50-21-8-6-7-12-31(45)44-19-17-42(2)18-20-44)43(3)36(47)27-15-14-26(34(49-5)32(27)35(38)46)25-10-9-11-28-33(25)41-37(40-28)39-23-48-4/h9-11,13-16,22H,6-8,12,17-21,23H2,1-5H3,(H2,38,46)(H2,39,40,41). The van der Waals surface area contributed by atoms with Gasteiger partial charge in [-0.1, -0.05) is 18.2 Å². The molecule has 50 heavy (non-hydrogen) atoms. The summed E-state index contributed by atoms with van der Waals surface area (Å²) < 4.78 is 17.1. The van der Waals surface area contributed by atoms with Gasteiger partial charge < -0.3 is 44.9 Å². The van der Waals surface area contributed by atoms with Crippen molar-refractivity contribution < 1.29 is 28.6 Å². The number of hydrogen-bond acceptors (Lipinski definition) is 9. The van der Waals surface area contributed by atoms with Crippen molar-refractivity contribution in [2.45, 2.75) is 32.6 Å². The summed E-state index contributed by atoms with van der Waals surface area (Å²) in [5.41, 5.74) is 10.1. The van der Waals surface area contributed by atoms with E-state index in [4.69, 9.17) is 19.9 Å². The minimum Gasteiger partial charge on any atom is -0.495 e. The number of carbonyl (C=O) groups is 3. The van der Waals surface area contributed by atoms with Crippen LogP contribution in [0.25, 0.3) is 22.2 Å². The summed E-state index contributed by atoms with van der Waals surface area (Å²) in [6.07, 6.45) is 2.94. The molecule has 2 heterocycles. The van der Waals surface area contributed by atoms with Gasteiger partial charge in [-0.15, -0.1) is 0 Å². The molecule has 0 atom stereocenters. The van der Waals surface area contributed by atoms with Crippen LogP contribution in [0.1, 0.15) is 52.0 Å². The molecule has 4 aromatic rings. The van der Waals surface area contributed by atoms with Crippen LogP contribution < -0.4 is 25.4 Å². The Kier molecular flexibility index (Phi) is 11.9. The number of piperazine rings is 1. The molecule has 1 aliphatic heterocycles. The molecule has 0 unspecified atom stereocenters. The van der Waals surface area contributed by atoms with Crippen LogP contribution in [0, 0.1) is 6.92 Å². The second-order valence-electron chi connectivity index (χ2n) is 12.5. The van der Waals surface area contributed by atoms with Gasteiger partial charge in [0.25, 0.3) is 11.8 Å². The molecule has 13 nitrogen and oxygen atoms in total. The molecular weight excluding hydrogens is 638 g/mol. The van der Waals surface area contributed by atoms with Crippen LogP contribution in [0.3, 0.4) is 0 Å². The second-order valence-corrected chi connectivity index (χ2v) is 12.5. The number of primary amides is 1. The van der Waals surface area contributed by atoms with Crippen molar-refractivity contribution in [3.8, 4) is 22.6 Å². The van der Waals surface area contributed by atoms with E-state index >= 15 is 0 Å². The molecule has 1 aliphatic rings. The van der Waals surface area contributed by atoms with Gasteiger partial charge in [0.2, 0.25) is 11.9 Å². The number of fused-ring (bicyclic) bond motifs is 1. The Morgan fingerprint density at radius 1 is 1.00 bits per heavy atom. The van der Waals surface area contributed by atoms with Crippen molar-refractivity contribution in [2.24, 2.45) is 5.73 Å². The molecule has 0 aliphatic carbocycles. The largest absolute Gasteiger partial charge is 0.495 e. The number of likely N-dealkylation sites (N-methyl/N-ethyl adjacent to an activating group) is 1. The van der Waals surface area contributed by atoms with E-state index in [0.717, 1.165) is 56.5 Å². The highest BCUT2D eigenvalue weighted by Crippen LogP contribution is 2.39. The molecule has 3 aromatic carbocycles. The number of unbranched alkanes of at least 4 members (excludes halogenated alkanes) is 2. The number of aromatic nitrogens is 2. The van der Waals surface area contributed by atoms with Gasteiger partial charge in [0.05, 0.1) is 41.6 Å². The molecule has 0 spiro atoms. The number of rotatable bonds is 15. The summed E-state index contributed by atoms with van der Waals surface area (Å²) >= 11 is 0. The monoisotopic (exact) mass is 685 g/mol. The average molecular weight is 686 g/mol. The van der Waals surface area contributed by atoms with Gasteiger partial charge in [0.1, 0.15) is 18.2 Å². The average Bonchev–Trinajstić information content (AvgIpc) is 3.54. The van der Waals surface area contributed by atoms with Gasteiger partial charge in [-0.3, -0.25) is 14.4 Å². The fourth-order valence-electron chi connectivity index (χ4n) is 6.16. The topological polar surface area (TPSA) is 155 Å². The lowest BCUT2D eigenvalue weighted by atomic mass is 9.95. The summed E-state index contributed by atoms with van der Waals surface area (Å²) in [4.78, 5) is 53.2. The predicted molar refractivity (Wildman–Crippen MR) is 194 cm³/mol. The zero-order chi connectivity index (χ0) is 35.8. The van der Waals surface area contributed by atoms with E-state index in [9.17, 15) is 14.4 Å². The minimum absolute atomic E-state index is 0.0344. The number of imidazole rings is 1. The highest BCUT2D eigenvalue weighted by atomic mass is 16.5. The summed E-state index contributed by atoms with van der Waals surface area (Å²) in [5, 5.41) is 3.05. The zero-order valence-corrected chi connectivity index (χ0v) is 29.5. The number of aromatic amines is 1. The number of ether oxygens (including phenoxy) is 3. The SMILES string of the molecule is COCNc1nc2c(-c3ccc(C(=O)N(C)c4ccc(C)cc4OCCCCCC(=O)N4CCN(C)CC4)c(C(N)=O)c3OC)cccc2[nH]1. The van der Waals surface area contributed by atoms with Crippen molar-refractivity contribution in [1.29, 1.82) is 0 Å². The molecule has 1 aromatic heterocycles. The molecule has 3 amide bonds. The second kappa shape index (κ2) is 16.5. The van der Waals surface area contributed by atoms with Crippen molar-refractivity contribution in [1.82, 2.24) is 19.8 Å². The van der Waals surface area contributed by atoms with Crippen LogP contribution in [-0.4, -0.2) is 105 Å². The van der Waals surface area contributed by atoms with Crippen molar-refractivity contribution >= 4 is 40.4 Å². The smallest absolute Gasteiger partial charge is 0.259 e. The van der Waals surface area contributed by atoms with Crippen LogP contribution in [0.5, 0.6) is 11.5 Å². The van der Waals surface area contributed by atoms with Gasteiger partial charge in [-0.2, -0.15) is 0 Å². The first-order valence-electron chi connectivity index (χ1n) is 16.8. The quantitative estimate of drug-likeness (QED) is 0.120. The predicted octanol–water partition coefficient (Wildman–Crippen LogP) is 4.65. The van der Waals surface area contributed by atoms with E-state index in [1.165, 1.54) is 12.0 Å². The number of methoxy groups -OCH3 is 2. The number of hydrogen-bond donors (Lipinski definition) is 3. The summed E-state index contributed by atoms with van der Waals surface area (Å²) in [7, 11) is 6.72. The summed E-state index contributed by atoms with van der Waals surface area (Å²) in [5.74, 6) is 0.186. The van der Waals surface area contributed by atoms with Crippen LogP contribution in [0.15, 0.2) is 48.5 Å². The number of nitrogens with two attached hydrogens (primary N) is 1. The zero-order valence-electron chi connectivity index (χ0n) is 29.5. The number of amides is 3. The number of nitrogens with zero attached hydrogens (tertiary/aromatic N) is 4. The lowest BCUT2D eigenvalue weighted by Gasteiger charge is -2.32. The van der Waals surface area contributed by atoms with Crippen LogP contribution in [-0.2, 0) is 9.53 Å². The normalized spacial score (nSPS) is 13.3. The molecule has 266 valence electrons. The Morgan fingerprint density at radius 2 is 1.78 bits per heavy atom. The maximum Gasteiger partial charge on any atom is 0.259 e. The maximum atomic E-state index is 14.1. The van der Waals surface area contributed by atoms with Crippen molar-refractivity contribution in [2.75, 3.05) is 78.0 Å². The first-order chi connectivity index (χ1) is 24.1. The molecule has 13 heteroatoms. The van der Waals surface area contributed by atoms with Crippen molar-refractivity contribution in [3.63, 3.8) is 0 Å². The summed E-state index contributed by atoms with van der Waals surface area (Å²) in [6.45, 7) is 6.04. The van der Waals surface area contributed by atoms with Gasteiger partial charge in [-0.25, -0.2) is 4.98 Å². The highest BCUT2D eigenvalue weighted by molar-refractivity contribution is 6.15. The van der Waals surface area contributed by atoms with E-state index in [-0.39, 0.29) is 29.5 Å². The van der Waals surface area contributed by atoms with Crippen LogP contribution in [0.4, 0.5) is 11.6 Å². The van der Waals surface area contributed by atoms with E-state index in [1.54, 1.807) is 26.3 Å². The van der Waals surface area contributed by atoms with E-state index in [2.05, 4.69) is 27.2 Å². The summed E-state index contributed by atoms with van der Waals surface area (Å²) in [6, 6.07) is 14.5. The highest BCUT2D eigenvalue weighted by Gasteiger charge is 2.28. The van der Waals surface area contributed by atoms with E-state index in [1.807, 2.05) is 48.2 Å². The first-order valence-corrected chi connectivity index (χ1v) is 16.8.